The topological polar surface area (TPSA) is 41.5 Å². The van der Waals surface area contributed by atoms with Gasteiger partial charge in [0.2, 0.25) is 0 Å². The van der Waals surface area contributed by atoms with Gasteiger partial charge in [-0.25, -0.2) is 0 Å². The molecule has 1 aromatic rings. The van der Waals surface area contributed by atoms with Crippen LogP contribution in [0.5, 0.6) is 5.75 Å². The fourth-order valence-corrected chi connectivity index (χ4v) is 2.64. The van der Waals surface area contributed by atoms with Crippen molar-refractivity contribution in [3.63, 3.8) is 0 Å². The van der Waals surface area contributed by atoms with Crippen LogP contribution in [0.15, 0.2) is 16.6 Å². The van der Waals surface area contributed by atoms with Crippen molar-refractivity contribution in [2.75, 3.05) is 13.2 Å². The molecule has 0 atom stereocenters. The molecule has 3 nitrogen and oxygen atoms in total. The minimum Gasteiger partial charge on any atom is -0.493 e. The second-order valence-electron chi connectivity index (χ2n) is 5.38. The van der Waals surface area contributed by atoms with Gasteiger partial charge in [0.1, 0.15) is 5.75 Å². The molecular formula is C16H26BrNO2. The Morgan fingerprint density at radius 3 is 2.65 bits per heavy atom. The van der Waals surface area contributed by atoms with Gasteiger partial charge in [0.25, 0.3) is 0 Å². The third kappa shape index (κ3) is 6.25. The molecule has 20 heavy (non-hydrogen) atoms. The smallest absolute Gasteiger partial charge is 0.126 e. The van der Waals surface area contributed by atoms with Gasteiger partial charge in [-0.2, -0.15) is 0 Å². The number of hydrogen-bond donors (Lipinski definition) is 2. The van der Waals surface area contributed by atoms with Crippen LogP contribution in [0, 0.1) is 6.92 Å². The van der Waals surface area contributed by atoms with Crippen LogP contribution in [0.4, 0.5) is 0 Å². The fourth-order valence-electron chi connectivity index (χ4n) is 2.02. The van der Waals surface area contributed by atoms with Gasteiger partial charge in [-0.1, -0.05) is 29.8 Å². The molecule has 0 aliphatic rings. The van der Waals surface area contributed by atoms with Gasteiger partial charge in [0.15, 0.2) is 0 Å². The first-order valence-corrected chi connectivity index (χ1v) is 8.10. The Hall–Kier alpha value is -0.580. The van der Waals surface area contributed by atoms with Crippen molar-refractivity contribution in [2.45, 2.75) is 52.6 Å². The van der Waals surface area contributed by atoms with E-state index in [0.717, 1.165) is 41.6 Å². The molecule has 114 valence electrons. The highest BCUT2D eigenvalue weighted by Gasteiger charge is 2.09. The second-order valence-corrected chi connectivity index (χ2v) is 6.29. The van der Waals surface area contributed by atoms with Crippen LogP contribution in [-0.2, 0) is 6.54 Å². The van der Waals surface area contributed by atoms with Crippen LogP contribution in [0.25, 0.3) is 0 Å². The highest BCUT2D eigenvalue weighted by atomic mass is 79.9. The maximum atomic E-state index is 8.77. The predicted octanol–water partition coefficient (Wildman–Crippen LogP) is 3.80. The quantitative estimate of drug-likeness (QED) is 0.670. The van der Waals surface area contributed by atoms with Gasteiger partial charge in [0, 0.05) is 29.2 Å². The normalized spacial score (nSPS) is 11.1. The second kappa shape index (κ2) is 9.37. The summed E-state index contributed by atoms with van der Waals surface area (Å²) in [6.07, 6.45) is 2.84. The number of benzene rings is 1. The Morgan fingerprint density at radius 1 is 1.25 bits per heavy atom. The van der Waals surface area contributed by atoms with E-state index >= 15 is 0 Å². The van der Waals surface area contributed by atoms with E-state index in [-0.39, 0.29) is 6.61 Å². The van der Waals surface area contributed by atoms with E-state index in [2.05, 4.69) is 54.2 Å². The number of nitrogens with one attached hydrogen (secondary N) is 1. The lowest BCUT2D eigenvalue weighted by atomic mass is 10.1. The Morgan fingerprint density at radius 2 is 2.00 bits per heavy atom. The molecule has 0 amide bonds. The monoisotopic (exact) mass is 343 g/mol. The van der Waals surface area contributed by atoms with E-state index in [9.17, 15) is 0 Å². The van der Waals surface area contributed by atoms with Crippen LogP contribution in [0.2, 0.25) is 0 Å². The summed E-state index contributed by atoms with van der Waals surface area (Å²) in [5.74, 6) is 0.991. The van der Waals surface area contributed by atoms with Gasteiger partial charge in [-0.3, -0.25) is 0 Å². The standard InChI is InChI=1S/C16H26BrNO2/c1-12(2)18-11-14-10-15(17)9-13(3)16(14)20-8-6-4-5-7-19/h9-10,12,18-19H,4-8,11H2,1-3H3. The lowest BCUT2D eigenvalue weighted by molar-refractivity contribution is 0.264. The SMILES string of the molecule is Cc1cc(Br)cc(CNC(C)C)c1OCCCCCO. The molecular weight excluding hydrogens is 318 g/mol. The van der Waals surface area contributed by atoms with Crippen molar-refractivity contribution in [1.29, 1.82) is 0 Å². The number of aryl methyl sites for hydroxylation is 1. The van der Waals surface area contributed by atoms with E-state index in [1.165, 1.54) is 5.56 Å². The van der Waals surface area contributed by atoms with Gasteiger partial charge in [0.05, 0.1) is 6.61 Å². The third-order valence-corrected chi connectivity index (χ3v) is 3.52. The molecule has 0 bridgehead atoms. The molecule has 0 saturated carbocycles. The van der Waals surface area contributed by atoms with Gasteiger partial charge < -0.3 is 15.2 Å². The minimum atomic E-state index is 0.265. The Bertz CT molecular complexity index is 408. The van der Waals surface area contributed by atoms with E-state index in [1.807, 2.05) is 0 Å². The number of rotatable bonds is 9. The highest BCUT2D eigenvalue weighted by molar-refractivity contribution is 9.10. The van der Waals surface area contributed by atoms with Crippen molar-refractivity contribution in [3.05, 3.63) is 27.7 Å². The van der Waals surface area contributed by atoms with E-state index in [1.54, 1.807) is 0 Å². The Balaban J connectivity index is 2.66. The highest BCUT2D eigenvalue weighted by Crippen LogP contribution is 2.28. The van der Waals surface area contributed by atoms with Crippen molar-refractivity contribution in [1.82, 2.24) is 5.32 Å². The summed E-state index contributed by atoms with van der Waals surface area (Å²) in [5, 5.41) is 12.2. The summed E-state index contributed by atoms with van der Waals surface area (Å²) < 4.78 is 7.05. The summed E-state index contributed by atoms with van der Waals surface area (Å²) in [4.78, 5) is 0. The molecule has 0 unspecified atom stereocenters. The predicted molar refractivity (Wildman–Crippen MR) is 87.3 cm³/mol. The number of halogens is 1. The minimum absolute atomic E-state index is 0.265. The number of hydrogen-bond acceptors (Lipinski definition) is 3. The van der Waals surface area contributed by atoms with E-state index < -0.39 is 0 Å². The first kappa shape index (κ1) is 17.5. The van der Waals surface area contributed by atoms with Crippen LogP contribution >= 0.6 is 15.9 Å². The van der Waals surface area contributed by atoms with Crippen molar-refractivity contribution >= 4 is 15.9 Å². The molecule has 4 heteroatoms. The van der Waals surface area contributed by atoms with Gasteiger partial charge in [-0.05, 0) is 43.9 Å². The van der Waals surface area contributed by atoms with Crippen molar-refractivity contribution < 1.29 is 9.84 Å². The molecule has 0 aliphatic heterocycles. The molecule has 0 spiro atoms. The lowest BCUT2D eigenvalue weighted by Crippen LogP contribution is -2.22. The number of aliphatic hydroxyl groups is 1. The molecule has 0 heterocycles. The number of unbranched alkanes of at least 4 members (excludes halogenated alkanes) is 2. The first-order valence-electron chi connectivity index (χ1n) is 7.30. The molecule has 0 saturated heterocycles. The summed E-state index contributed by atoms with van der Waals surface area (Å²) >= 11 is 3.55. The van der Waals surface area contributed by atoms with Gasteiger partial charge >= 0.3 is 0 Å². The molecule has 0 fully saturated rings. The fraction of sp³-hybridized carbons (Fsp3) is 0.625. The average molecular weight is 344 g/mol. The number of aliphatic hydroxyl groups excluding tert-OH is 1. The molecule has 0 aliphatic carbocycles. The lowest BCUT2D eigenvalue weighted by Gasteiger charge is -2.16. The summed E-state index contributed by atoms with van der Waals surface area (Å²) in [6, 6.07) is 4.65. The summed E-state index contributed by atoms with van der Waals surface area (Å²) in [5.41, 5.74) is 2.34. The summed E-state index contributed by atoms with van der Waals surface area (Å²) in [6.45, 7) is 8.13. The average Bonchev–Trinajstić information content (AvgIpc) is 2.38. The Kier molecular flexibility index (Phi) is 8.19. The zero-order chi connectivity index (χ0) is 15.0. The molecule has 1 aromatic carbocycles. The van der Waals surface area contributed by atoms with Crippen LogP contribution in [-0.4, -0.2) is 24.4 Å². The zero-order valence-electron chi connectivity index (χ0n) is 12.7. The molecule has 1 rings (SSSR count). The van der Waals surface area contributed by atoms with Crippen molar-refractivity contribution in [3.8, 4) is 5.75 Å². The molecule has 0 radical (unpaired) electrons. The van der Waals surface area contributed by atoms with Crippen molar-refractivity contribution in [2.24, 2.45) is 0 Å². The molecule has 2 N–H and O–H groups in total. The van der Waals surface area contributed by atoms with E-state index in [0.29, 0.717) is 12.6 Å². The maximum Gasteiger partial charge on any atom is 0.126 e. The Labute approximate surface area is 130 Å². The van der Waals surface area contributed by atoms with Crippen LogP contribution in [0.3, 0.4) is 0 Å². The van der Waals surface area contributed by atoms with Crippen LogP contribution in [0.1, 0.15) is 44.2 Å². The third-order valence-electron chi connectivity index (χ3n) is 3.07. The summed E-state index contributed by atoms with van der Waals surface area (Å²) in [7, 11) is 0. The largest absolute Gasteiger partial charge is 0.493 e. The van der Waals surface area contributed by atoms with Crippen LogP contribution < -0.4 is 10.1 Å². The van der Waals surface area contributed by atoms with Gasteiger partial charge in [-0.15, -0.1) is 0 Å². The number of ether oxygens (including phenoxy) is 1. The molecule has 0 aromatic heterocycles. The van der Waals surface area contributed by atoms with E-state index in [4.69, 9.17) is 9.84 Å². The maximum absolute atomic E-state index is 8.77. The zero-order valence-corrected chi connectivity index (χ0v) is 14.3. The first-order chi connectivity index (χ1) is 9.54.